The zero-order valence-corrected chi connectivity index (χ0v) is 7.31. The number of aldehydes is 1. The molecule has 0 saturated heterocycles. The summed E-state index contributed by atoms with van der Waals surface area (Å²) in [5, 5.41) is 0. The minimum absolute atomic E-state index is 0. The van der Waals surface area contributed by atoms with Gasteiger partial charge < -0.3 is 9.53 Å². The van der Waals surface area contributed by atoms with Crippen molar-refractivity contribution in [2.24, 2.45) is 0 Å². The van der Waals surface area contributed by atoms with Gasteiger partial charge in [-0.15, -0.1) is 0 Å². The summed E-state index contributed by atoms with van der Waals surface area (Å²) in [6.45, 7) is 4.34. The molecule has 0 spiro atoms. The van der Waals surface area contributed by atoms with Crippen molar-refractivity contribution >= 4 is 6.29 Å². The summed E-state index contributed by atoms with van der Waals surface area (Å²) in [7, 11) is 0. The molecule has 0 heterocycles. The third kappa shape index (κ3) is 11.4. The molecule has 0 aliphatic rings. The molecule has 0 aromatic carbocycles. The van der Waals surface area contributed by atoms with Crippen molar-refractivity contribution in [2.75, 3.05) is 6.61 Å². The fourth-order valence-corrected chi connectivity index (χ4v) is 0.278. The van der Waals surface area contributed by atoms with Crippen LogP contribution in [0.2, 0.25) is 0 Å². The molecular weight excluding hydrogens is 185 g/mol. The van der Waals surface area contributed by atoms with Crippen molar-refractivity contribution < 1.29 is 22.7 Å². The van der Waals surface area contributed by atoms with E-state index in [-0.39, 0.29) is 13.7 Å². The lowest BCUT2D eigenvalue weighted by Gasteiger charge is -2.13. The molecule has 0 aliphatic carbocycles. The predicted octanol–water partition coefficient (Wildman–Crippen LogP) is 2.82. The monoisotopic (exact) mass is 202 g/mol. The molecule has 13 heavy (non-hydrogen) atoms. The third-order valence-electron chi connectivity index (χ3n) is 0.875. The number of halogens is 3. The van der Waals surface area contributed by atoms with Crippen LogP contribution in [0.5, 0.6) is 0 Å². The van der Waals surface area contributed by atoms with E-state index in [9.17, 15) is 18.0 Å². The Kier molecular flexibility index (Phi) is 13.3. The van der Waals surface area contributed by atoms with Crippen LogP contribution in [0.15, 0.2) is 0 Å². The lowest BCUT2D eigenvalue weighted by atomic mass is 10.4. The topological polar surface area (TPSA) is 26.3 Å². The molecule has 82 valence electrons. The van der Waals surface area contributed by atoms with Crippen molar-refractivity contribution in [3.63, 3.8) is 0 Å². The zero-order valence-electron chi connectivity index (χ0n) is 7.31. The van der Waals surface area contributed by atoms with Gasteiger partial charge in [-0.1, -0.05) is 21.3 Å². The van der Waals surface area contributed by atoms with Crippen LogP contribution in [-0.4, -0.2) is 25.2 Å². The minimum atomic E-state index is -4.37. The Morgan fingerprint density at radius 1 is 1.38 bits per heavy atom. The van der Waals surface area contributed by atoms with Crippen molar-refractivity contribution in [2.45, 2.75) is 40.5 Å². The molecule has 0 fully saturated rings. The zero-order chi connectivity index (χ0) is 10.2. The molecule has 1 atom stereocenters. The summed E-state index contributed by atoms with van der Waals surface area (Å²) in [5.41, 5.74) is 0. The van der Waals surface area contributed by atoms with Crippen LogP contribution in [-0.2, 0) is 9.53 Å². The van der Waals surface area contributed by atoms with Gasteiger partial charge in [0.05, 0.1) is 0 Å². The van der Waals surface area contributed by atoms with Gasteiger partial charge in [-0.2, -0.15) is 13.2 Å². The van der Waals surface area contributed by atoms with E-state index in [2.05, 4.69) is 4.74 Å². The molecule has 0 aromatic heterocycles. The molecular formula is C8H17F3O2. The molecule has 0 radical (unpaired) electrons. The highest BCUT2D eigenvalue weighted by Gasteiger charge is 2.36. The third-order valence-corrected chi connectivity index (χ3v) is 0.875. The van der Waals surface area contributed by atoms with Crippen molar-refractivity contribution in [1.82, 2.24) is 0 Å². The Morgan fingerprint density at radius 3 is 2.00 bits per heavy atom. The van der Waals surface area contributed by atoms with E-state index in [0.717, 1.165) is 6.92 Å². The van der Waals surface area contributed by atoms with Gasteiger partial charge in [0.2, 0.25) is 0 Å². The first-order valence-corrected chi connectivity index (χ1v) is 3.60. The molecule has 0 amide bonds. The SMILES string of the molecule is C.CC.CC(OCC=O)C(F)(F)F. The Morgan fingerprint density at radius 2 is 1.77 bits per heavy atom. The maximum absolute atomic E-state index is 11.5. The van der Waals surface area contributed by atoms with Crippen LogP contribution in [0, 0.1) is 0 Å². The maximum atomic E-state index is 11.5. The molecule has 0 aliphatic heterocycles. The van der Waals surface area contributed by atoms with Crippen LogP contribution < -0.4 is 0 Å². The van der Waals surface area contributed by atoms with Gasteiger partial charge in [0.15, 0.2) is 6.10 Å². The van der Waals surface area contributed by atoms with E-state index in [1.807, 2.05) is 13.8 Å². The van der Waals surface area contributed by atoms with Crippen molar-refractivity contribution in [1.29, 1.82) is 0 Å². The lowest BCUT2D eigenvalue weighted by molar-refractivity contribution is -0.212. The van der Waals surface area contributed by atoms with Crippen LogP contribution in [0.25, 0.3) is 0 Å². The average Bonchev–Trinajstić information content (AvgIpc) is 2.02. The molecule has 1 unspecified atom stereocenters. The summed E-state index contributed by atoms with van der Waals surface area (Å²) in [4.78, 5) is 9.54. The number of hydrogen-bond donors (Lipinski definition) is 0. The van der Waals surface area contributed by atoms with E-state index >= 15 is 0 Å². The summed E-state index contributed by atoms with van der Waals surface area (Å²) < 4.78 is 38.7. The second-order valence-electron chi connectivity index (χ2n) is 1.68. The molecule has 0 aromatic rings. The Hall–Kier alpha value is -0.580. The summed E-state index contributed by atoms with van der Waals surface area (Å²) in [5.74, 6) is 0. The molecule has 0 saturated carbocycles. The Labute approximate surface area is 77.1 Å². The van der Waals surface area contributed by atoms with E-state index in [0.29, 0.717) is 0 Å². The molecule has 0 rings (SSSR count). The summed E-state index contributed by atoms with van der Waals surface area (Å²) >= 11 is 0. The van der Waals surface area contributed by atoms with E-state index in [4.69, 9.17) is 0 Å². The number of rotatable bonds is 3. The predicted molar refractivity (Wildman–Crippen MR) is 45.6 cm³/mol. The Bertz CT molecular complexity index is 112. The van der Waals surface area contributed by atoms with Crippen molar-refractivity contribution in [3.8, 4) is 0 Å². The normalized spacial score (nSPS) is 11.8. The molecule has 0 bridgehead atoms. The van der Waals surface area contributed by atoms with Gasteiger partial charge in [-0.3, -0.25) is 0 Å². The second-order valence-corrected chi connectivity index (χ2v) is 1.68. The van der Waals surface area contributed by atoms with E-state index < -0.39 is 18.9 Å². The minimum Gasteiger partial charge on any atom is -0.362 e. The summed E-state index contributed by atoms with van der Waals surface area (Å²) in [6, 6.07) is 0. The molecule has 5 heteroatoms. The van der Waals surface area contributed by atoms with Gasteiger partial charge in [-0.05, 0) is 6.92 Å². The van der Waals surface area contributed by atoms with Crippen molar-refractivity contribution in [3.05, 3.63) is 0 Å². The number of ether oxygens (including phenoxy) is 1. The van der Waals surface area contributed by atoms with Crippen LogP contribution in [0.3, 0.4) is 0 Å². The first kappa shape index (κ1) is 18.3. The van der Waals surface area contributed by atoms with Crippen LogP contribution in [0.1, 0.15) is 28.2 Å². The van der Waals surface area contributed by atoms with E-state index in [1.54, 1.807) is 0 Å². The maximum Gasteiger partial charge on any atom is 0.414 e. The van der Waals surface area contributed by atoms with Gasteiger partial charge >= 0.3 is 6.18 Å². The summed E-state index contributed by atoms with van der Waals surface area (Å²) in [6.07, 6.45) is -5.96. The number of carbonyl (C=O) groups is 1. The average molecular weight is 202 g/mol. The highest BCUT2D eigenvalue weighted by atomic mass is 19.4. The molecule has 2 nitrogen and oxygen atoms in total. The highest BCUT2D eigenvalue weighted by Crippen LogP contribution is 2.21. The van der Waals surface area contributed by atoms with Gasteiger partial charge in [0.1, 0.15) is 12.9 Å². The fourth-order valence-electron chi connectivity index (χ4n) is 0.278. The molecule has 0 N–H and O–H groups in total. The second kappa shape index (κ2) is 9.51. The van der Waals surface area contributed by atoms with Gasteiger partial charge in [0, 0.05) is 0 Å². The first-order chi connectivity index (χ1) is 5.48. The smallest absolute Gasteiger partial charge is 0.362 e. The van der Waals surface area contributed by atoms with E-state index in [1.165, 1.54) is 0 Å². The first-order valence-electron chi connectivity index (χ1n) is 3.60. The standard InChI is InChI=1S/C5H7F3O2.C2H6.CH4/c1-4(5(6,7)8)10-3-2-9;1-2;/h2,4H,3H2,1H3;1-2H3;1H4. The van der Waals surface area contributed by atoms with Gasteiger partial charge in [0.25, 0.3) is 0 Å². The lowest BCUT2D eigenvalue weighted by Crippen LogP contribution is -2.28. The number of alkyl halides is 3. The largest absolute Gasteiger partial charge is 0.414 e. The van der Waals surface area contributed by atoms with Crippen LogP contribution >= 0.6 is 0 Å². The van der Waals surface area contributed by atoms with Gasteiger partial charge in [-0.25, -0.2) is 0 Å². The number of hydrogen-bond acceptors (Lipinski definition) is 2. The van der Waals surface area contributed by atoms with Crippen LogP contribution in [0.4, 0.5) is 13.2 Å². The quantitative estimate of drug-likeness (QED) is 0.658. The Balaban J connectivity index is -0.000000309. The highest BCUT2D eigenvalue weighted by molar-refractivity contribution is 5.50. The number of carbonyl (C=O) groups excluding carboxylic acids is 1. The fraction of sp³-hybridized carbons (Fsp3) is 0.875.